The predicted molar refractivity (Wildman–Crippen MR) is 118 cm³/mol. The van der Waals surface area contributed by atoms with Crippen molar-refractivity contribution < 1.29 is 13.2 Å². The van der Waals surface area contributed by atoms with Crippen molar-refractivity contribution in [1.29, 1.82) is 0 Å². The van der Waals surface area contributed by atoms with E-state index in [1.807, 2.05) is 25.1 Å². The van der Waals surface area contributed by atoms with Gasteiger partial charge in [-0.2, -0.15) is 18.2 Å². The van der Waals surface area contributed by atoms with Gasteiger partial charge < -0.3 is 21.3 Å². The topological polar surface area (TPSA) is 79.1 Å². The van der Waals surface area contributed by atoms with E-state index in [1.165, 1.54) is 12.1 Å². The molecule has 0 aliphatic carbocycles. The smallest absolute Gasteiger partial charge is 0.398 e. The second kappa shape index (κ2) is 8.22. The number of aryl methyl sites for hydroxylation is 1. The number of hydrogen-bond acceptors (Lipinski definition) is 6. The van der Waals surface area contributed by atoms with Gasteiger partial charge in [-0.15, -0.1) is 0 Å². The molecule has 1 saturated heterocycles. The van der Waals surface area contributed by atoms with Gasteiger partial charge in [-0.25, -0.2) is 4.98 Å². The number of fused-ring (bicyclic) bond motifs is 1. The van der Waals surface area contributed by atoms with Gasteiger partial charge in [0.1, 0.15) is 5.82 Å². The molecule has 0 amide bonds. The molecule has 1 atom stereocenters. The van der Waals surface area contributed by atoms with Crippen LogP contribution in [0.4, 0.5) is 36.3 Å². The molecule has 31 heavy (non-hydrogen) atoms. The lowest BCUT2D eigenvalue weighted by Crippen LogP contribution is -2.32. The van der Waals surface area contributed by atoms with Crippen LogP contribution in [0.15, 0.2) is 36.4 Å². The largest absolute Gasteiger partial charge is 0.418 e. The molecule has 4 N–H and O–H groups in total. The van der Waals surface area contributed by atoms with Gasteiger partial charge in [0.05, 0.1) is 11.1 Å². The van der Waals surface area contributed by atoms with Crippen molar-refractivity contribution in [2.75, 3.05) is 35.6 Å². The van der Waals surface area contributed by atoms with Gasteiger partial charge in [-0.05, 0) is 49.7 Å². The molecule has 2 heterocycles. The van der Waals surface area contributed by atoms with Crippen molar-refractivity contribution in [2.24, 2.45) is 0 Å². The van der Waals surface area contributed by atoms with Gasteiger partial charge in [-0.1, -0.05) is 19.1 Å². The number of hydrogen-bond donors (Lipinski definition) is 3. The minimum Gasteiger partial charge on any atom is -0.398 e. The summed E-state index contributed by atoms with van der Waals surface area (Å²) in [4.78, 5) is 11.5. The minimum atomic E-state index is -4.54. The molecule has 1 aliphatic heterocycles. The van der Waals surface area contributed by atoms with Crippen LogP contribution in [0.3, 0.4) is 0 Å². The van der Waals surface area contributed by atoms with E-state index >= 15 is 0 Å². The van der Waals surface area contributed by atoms with E-state index < -0.39 is 11.7 Å². The van der Waals surface area contributed by atoms with Gasteiger partial charge >= 0.3 is 6.18 Å². The number of likely N-dealkylation sites (N-methyl/N-ethyl adjacent to an activating group) is 1. The number of nitrogens with two attached hydrogens (primary N) is 1. The number of benzene rings is 2. The lowest BCUT2D eigenvalue weighted by molar-refractivity contribution is -0.136. The predicted octanol–water partition coefficient (Wildman–Crippen LogP) is 4.47. The molecular weight excluding hydrogens is 405 g/mol. The van der Waals surface area contributed by atoms with Crippen molar-refractivity contribution in [3.63, 3.8) is 0 Å². The van der Waals surface area contributed by atoms with Crippen LogP contribution in [0.5, 0.6) is 0 Å². The van der Waals surface area contributed by atoms with E-state index in [2.05, 4.69) is 27.4 Å². The molecule has 1 aliphatic rings. The van der Waals surface area contributed by atoms with Crippen molar-refractivity contribution in [1.82, 2.24) is 15.3 Å². The summed E-state index contributed by atoms with van der Waals surface area (Å²) in [6.45, 7) is 6.64. The zero-order valence-electron chi connectivity index (χ0n) is 17.4. The third-order valence-corrected chi connectivity index (χ3v) is 5.51. The summed E-state index contributed by atoms with van der Waals surface area (Å²) >= 11 is 0. The second-order valence-electron chi connectivity index (χ2n) is 7.75. The molecule has 1 fully saturated rings. The molecule has 0 radical (unpaired) electrons. The van der Waals surface area contributed by atoms with Gasteiger partial charge in [0.15, 0.2) is 0 Å². The van der Waals surface area contributed by atoms with Gasteiger partial charge in [-0.3, -0.25) is 0 Å². The van der Waals surface area contributed by atoms with E-state index in [9.17, 15) is 13.2 Å². The Morgan fingerprint density at radius 3 is 2.74 bits per heavy atom. The average molecular weight is 430 g/mol. The van der Waals surface area contributed by atoms with Crippen LogP contribution in [-0.4, -0.2) is 35.6 Å². The second-order valence-corrected chi connectivity index (χ2v) is 7.75. The van der Waals surface area contributed by atoms with Gasteiger partial charge in [0, 0.05) is 35.9 Å². The van der Waals surface area contributed by atoms with Crippen LogP contribution < -0.4 is 21.3 Å². The number of halogens is 3. The SMILES string of the molecule is CCN[C@H]1CCN(c2nc(Nc3ccc(N)c(C(F)(F)F)c3)nc3cccc(C)c23)C1. The number of nitrogens with zero attached hydrogens (tertiary/aromatic N) is 3. The van der Waals surface area contributed by atoms with E-state index in [1.54, 1.807) is 0 Å². The van der Waals surface area contributed by atoms with Crippen molar-refractivity contribution in [2.45, 2.75) is 32.5 Å². The van der Waals surface area contributed by atoms with Crippen LogP contribution in [0.1, 0.15) is 24.5 Å². The van der Waals surface area contributed by atoms with E-state index in [4.69, 9.17) is 10.7 Å². The quantitative estimate of drug-likeness (QED) is 0.519. The Labute approximate surface area is 178 Å². The van der Waals surface area contributed by atoms with Crippen LogP contribution >= 0.6 is 0 Å². The van der Waals surface area contributed by atoms with Gasteiger partial charge in [0.2, 0.25) is 5.95 Å². The summed E-state index contributed by atoms with van der Waals surface area (Å²) in [7, 11) is 0. The summed E-state index contributed by atoms with van der Waals surface area (Å²) in [6.07, 6.45) is -3.54. The third kappa shape index (κ3) is 4.36. The molecule has 3 aromatic rings. The third-order valence-electron chi connectivity index (χ3n) is 5.51. The fourth-order valence-corrected chi connectivity index (χ4v) is 4.03. The summed E-state index contributed by atoms with van der Waals surface area (Å²) < 4.78 is 39.7. The van der Waals surface area contributed by atoms with E-state index in [0.29, 0.717) is 6.04 Å². The number of rotatable bonds is 5. The Balaban J connectivity index is 1.73. The van der Waals surface area contributed by atoms with Crippen LogP contribution in [0.2, 0.25) is 0 Å². The number of anilines is 4. The number of aromatic nitrogens is 2. The summed E-state index contributed by atoms with van der Waals surface area (Å²) in [5.74, 6) is 1.04. The molecule has 0 unspecified atom stereocenters. The summed E-state index contributed by atoms with van der Waals surface area (Å²) in [6, 6.07) is 9.90. The molecule has 6 nitrogen and oxygen atoms in total. The van der Waals surface area contributed by atoms with Crippen LogP contribution in [-0.2, 0) is 6.18 Å². The summed E-state index contributed by atoms with van der Waals surface area (Å²) in [5, 5.41) is 7.36. The lowest BCUT2D eigenvalue weighted by Gasteiger charge is -2.21. The first-order valence-corrected chi connectivity index (χ1v) is 10.3. The molecule has 0 saturated carbocycles. The Morgan fingerprint density at radius 2 is 2.00 bits per heavy atom. The molecule has 164 valence electrons. The van der Waals surface area contributed by atoms with Gasteiger partial charge in [0.25, 0.3) is 0 Å². The molecule has 2 aromatic carbocycles. The Morgan fingerprint density at radius 1 is 1.19 bits per heavy atom. The van der Waals surface area contributed by atoms with Crippen molar-refractivity contribution >= 4 is 34.0 Å². The fraction of sp³-hybridized carbons (Fsp3) is 0.364. The maximum absolute atomic E-state index is 13.2. The molecule has 4 rings (SSSR count). The zero-order chi connectivity index (χ0) is 22.2. The molecule has 9 heteroatoms. The highest BCUT2D eigenvalue weighted by Gasteiger charge is 2.33. The van der Waals surface area contributed by atoms with Crippen LogP contribution in [0, 0.1) is 6.92 Å². The first-order chi connectivity index (χ1) is 14.8. The minimum absolute atomic E-state index is 0.228. The lowest BCUT2D eigenvalue weighted by atomic mass is 10.1. The standard InChI is InChI=1S/C22H25F3N6/c1-3-27-15-9-10-31(12-15)20-19-13(2)5-4-6-18(19)29-21(30-20)28-14-7-8-17(26)16(11-14)22(23,24)25/h4-8,11,15,27H,3,9-10,12,26H2,1-2H3,(H,28,29,30)/t15-/m0/s1. The number of nitrogen functional groups attached to an aromatic ring is 1. The average Bonchev–Trinajstić information content (AvgIpc) is 3.17. The zero-order valence-corrected chi connectivity index (χ0v) is 17.4. The summed E-state index contributed by atoms with van der Waals surface area (Å²) in [5.41, 5.74) is 6.33. The highest BCUT2D eigenvalue weighted by Crippen LogP contribution is 2.36. The van der Waals surface area contributed by atoms with E-state index in [0.717, 1.165) is 54.4 Å². The maximum Gasteiger partial charge on any atom is 0.418 e. The van der Waals surface area contributed by atoms with Crippen LogP contribution in [0.25, 0.3) is 10.9 Å². The van der Waals surface area contributed by atoms with E-state index in [-0.39, 0.29) is 17.3 Å². The van der Waals surface area contributed by atoms with Crippen molar-refractivity contribution in [3.05, 3.63) is 47.5 Å². The monoisotopic (exact) mass is 430 g/mol. The Kier molecular flexibility index (Phi) is 5.62. The Hall–Kier alpha value is -3.07. The highest BCUT2D eigenvalue weighted by molar-refractivity contribution is 5.93. The van der Waals surface area contributed by atoms with Crippen molar-refractivity contribution in [3.8, 4) is 0 Å². The highest BCUT2D eigenvalue weighted by atomic mass is 19.4. The molecular formula is C22H25F3N6. The maximum atomic E-state index is 13.2. The molecule has 1 aromatic heterocycles. The molecule has 0 bridgehead atoms. The fourth-order valence-electron chi connectivity index (χ4n) is 4.03. The Bertz CT molecular complexity index is 1100. The molecule has 0 spiro atoms. The normalized spacial score (nSPS) is 16.8. The first-order valence-electron chi connectivity index (χ1n) is 10.3. The first kappa shape index (κ1) is 21.2. The number of nitrogens with one attached hydrogen (secondary N) is 2. The number of alkyl halides is 3.